The summed E-state index contributed by atoms with van der Waals surface area (Å²) in [7, 11) is 0. The molecule has 0 amide bonds. The van der Waals surface area contributed by atoms with Crippen molar-refractivity contribution in [2.45, 2.75) is 38.2 Å². The summed E-state index contributed by atoms with van der Waals surface area (Å²) in [5.41, 5.74) is 0. The maximum atomic E-state index is 5.73. The molecule has 1 aliphatic heterocycles. The highest BCUT2D eigenvalue weighted by molar-refractivity contribution is 5.79. The Labute approximate surface area is 132 Å². The lowest BCUT2D eigenvalue weighted by molar-refractivity contribution is 0.0129. The van der Waals surface area contributed by atoms with Gasteiger partial charge in [-0.3, -0.25) is 4.99 Å². The van der Waals surface area contributed by atoms with Gasteiger partial charge in [0.05, 0.1) is 12.4 Å². The standard InChI is InChI=1S/C17H27N3O2/c1-2-10-18-17(20-12-9-16-7-5-14-22-16)19-11-8-15-6-3-4-13-21-15/h2,5,7,14-15H,1,3-4,6,8-13H2,(H2,18,19,20). The summed E-state index contributed by atoms with van der Waals surface area (Å²) in [6.07, 6.45) is 9.36. The molecule has 122 valence electrons. The molecule has 1 saturated heterocycles. The van der Waals surface area contributed by atoms with E-state index in [0.29, 0.717) is 12.6 Å². The minimum atomic E-state index is 0.376. The molecule has 1 fully saturated rings. The van der Waals surface area contributed by atoms with Crippen molar-refractivity contribution in [1.82, 2.24) is 10.6 Å². The molecule has 22 heavy (non-hydrogen) atoms. The molecule has 0 radical (unpaired) electrons. The highest BCUT2D eigenvalue weighted by Crippen LogP contribution is 2.15. The average Bonchev–Trinajstić information content (AvgIpc) is 3.06. The van der Waals surface area contributed by atoms with Gasteiger partial charge in [-0.1, -0.05) is 6.08 Å². The summed E-state index contributed by atoms with van der Waals surface area (Å²) in [5.74, 6) is 1.80. The van der Waals surface area contributed by atoms with Gasteiger partial charge in [-0.2, -0.15) is 0 Å². The van der Waals surface area contributed by atoms with Crippen LogP contribution in [-0.4, -0.2) is 38.3 Å². The van der Waals surface area contributed by atoms with Crippen LogP contribution in [0.2, 0.25) is 0 Å². The van der Waals surface area contributed by atoms with Crippen molar-refractivity contribution in [1.29, 1.82) is 0 Å². The van der Waals surface area contributed by atoms with Crippen LogP contribution in [0.3, 0.4) is 0 Å². The summed E-state index contributed by atoms with van der Waals surface area (Å²) >= 11 is 0. The summed E-state index contributed by atoms with van der Waals surface area (Å²) in [4.78, 5) is 4.61. The fraction of sp³-hybridized carbons (Fsp3) is 0.588. The second-order valence-electron chi connectivity index (χ2n) is 5.43. The Morgan fingerprint density at radius 1 is 1.41 bits per heavy atom. The fourth-order valence-corrected chi connectivity index (χ4v) is 2.46. The number of ether oxygens (including phenoxy) is 1. The molecule has 1 unspecified atom stereocenters. The predicted octanol–water partition coefficient (Wildman–Crippen LogP) is 2.50. The normalized spacial score (nSPS) is 18.9. The average molecular weight is 305 g/mol. The first-order valence-electron chi connectivity index (χ1n) is 8.15. The Morgan fingerprint density at radius 2 is 2.36 bits per heavy atom. The monoisotopic (exact) mass is 305 g/mol. The van der Waals surface area contributed by atoms with E-state index in [4.69, 9.17) is 9.15 Å². The minimum Gasteiger partial charge on any atom is -0.469 e. The third kappa shape index (κ3) is 6.35. The van der Waals surface area contributed by atoms with Crippen LogP contribution in [0.1, 0.15) is 31.4 Å². The van der Waals surface area contributed by atoms with E-state index in [9.17, 15) is 0 Å². The smallest absolute Gasteiger partial charge is 0.191 e. The van der Waals surface area contributed by atoms with Gasteiger partial charge in [0.1, 0.15) is 5.76 Å². The van der Waals surface area contributed by atoms with Gasteiger partial charge in [0.15, 0.2) is 5.96 Å². The molecular weight excluding hydrogens is 278 g/mol. The lowest BCUT2D eigenvalue weighted by atomic mass is 10.1. The zero-order valence-corrected chi connectivity index (χ0v) is 13.2. The molecule has 5 nitrogen and oxygen atoms in total. The number of nitrogens with one attached hydrogen (secondary N) is 2. The summed E-state index contributed by atoms with van der Waals surface area (Å²) in [5, 5.41) is 6.56. The van der Waals surface area contributed by atoms with Crippen LogP contribution >= 0.6 is 0 Å². The first kappa shape index (κ1) is 16.6. The zero-order valence-electron chi connectivity index (χ0n) is 13.2. The fourth-order valence-electron chi connectivity index (χ4n) is 2.46. The van der Waals surface area contributed by atoms with Gasteiger partial charge in [0.2, 0.25) is 0 Å². The van der Waals surface area contributed by atoms with Gasteiger partial charge >= 0.3 is 0 Å². The van der Waals surface area contributed by atoms with Crippen LogP contribution in [0.5, 0.6) is 0 Å². The number of guanidine groups is 1. The molecule has 2 N–H and O–H groups in total. The van der Waals surface area contributed by atoms with Gasteiger partial charge in [-0.05, 0) is 37.8 Å². The first-order chi connectivity index (χ1) is 10.9. The molecule has 1 atom stereocenters. The molecule has 1 aromatic heterocycles. The molecule has 1 aliphatic rings. The Kier molecular flexibility index (Phi) is 7.60. The van der Waals surface area contributed by atoms with Crippen molar-refractivity contribution in [3.05, 3.63) is 36.8 Å². The van der Waals surface area contributed by atoms with E-state index < -0.39 is 0 Å². The van der Waals surface area contributed by atoms with Crippen LogP contribution in [0.15, 0.2) is 40.5 Å². The largest absolute Gasteiger partial charge is 0.469 e. The SMILES string of the molecule is C=CCNC(=NCCC1CCCCO1)NCCc1ccco1. The van der Waals surface area contributed by atoms with Crippen molar-refractivity contribution in [3.8, 4) is 0 Å². The summed E-state index contributed by atoms with van der Waals surface area (Å²) < 4.78 is 11.1. The Morgan fingerprint density at radius 3 is 3.09 bits per heavy atom. The highest BCUT2D eigenvalue weighted by Gasteiger charge is 2.12. The van der Waals surface area contributed by atoms with Gasteiger partial charge in [-0.25, -0.2) is 0 Å². The van der Waals surface area contributed by atoms with E-state index in [2.05, 4.69) is 22.2 Å². The van der Waals surface area contributed by atoms with Gasteiger partial charge in [0, 0.05) is 32.7 Å². The van der Waals surface area contributed by atoms with Gasteiger partial charge in [-0.15, -0.1) is 6.58 Å². The lowest BCUT2D eigenvalue weighted by Crippen LogP contribution is -2.38. The van der Waals surface area contributed by atoms with Crippen LogP contribution in [0.4, 0.5) is 0 Å². The maximum absolute atomic E-state index is 5.73. The minimum absolute atomic E-state index is 0.376. The predicted molar refractivity (Wildman–Crippen MR) is 89.1 cm³/mol. The van der Waals surface area contributed by atoms with Crippen LogP contribution < -0.4 is 10.6 Å². The zero-order chi connectivity index (χ0) is 15.5. The van der Waals surface area contributed by atoms with Crippen molar-refractivity contribution in [2.75, 3.05) is 26.2 Å². The van der Waals surface area contributed by atoms with Crippen LogP contribution in [0, 0.1) is 0 Å². The lowest BCUT2D eigenvalue weighted by Gasteiger charge is -2.21. The van der Waals surface area contributed by atoms with Crippen LogP contribution in [0.25, 0.3) is 0 Å². The third-order valence-electron chi connectivity index (χ3n) is 3.65. The number of hydrogen-bond acceptors (Lipinski definition) is 3. The molecule has 5 heteroatoms. The van der Waals surface area contributed by atoms with Crippen LogP contribution in [-0.2, 0) is 11.2 Å². The van der Waals surface area contributed by atoms with Crippen molar-refractivity contribution in [2.24, 2.45) is 4.99 Å². The molecule has 2 heterocycles. The van der Waals surface area contributed by atoms with Gasteiger partial charge < -0.3 is 19.8 Å². The van der Waals surface area contributed by atoms with Crippen molar-refractivity contribution in [3.63, 3.8) is 0 Å². The van der Waals surface area contributed by atoms with E-state index in [-0.39, 0.29) is 0 Å². The first-order valence-corrected chi connectivity index (χ1v) is 8.15. The molecule has 0 aromatic carbocycles. The molecule has 0 aliphatic carbocycles. The Balaban J connectivity index is 1.71. The van der Waals surface area contributed by atoms with E-state index in [1.807, 2.05) is 18.2 Å². The maximum Gasteiger partial charge on any atom is 0.191 e. The van der Waals surface area contributed by atoms with E-state index in [1.165, 1.54) is 12.8 Å². The number of nitrogens with zero attached hydrogens (tertiary/aromatic N) is 1. The molecule has 0 spiro atoms. The molecule has 1 aromatic rings. The number of furan rings is 1. The second-order valence-corrected chi connectivity index (χ2v) is 5.43. The third-order valence-corrected chi connectivity index (χ3v) is 3.65. The van der Waals surface area contributed by atoms with E-state index >= 15 is 0 Å². The number of hydrogen-bond donors (Lipinski definition) is 2. The second kappa shape index (κ2) is 10.1. The summed E-state index contributed by atoms with van der Waals surface area (Å²) in [6, 6.07) is 3.89. The van der Waals surface area contributed by atoms with Gasteiger partial charge in [0.25, 0.3) is 0 Å². The molecular formula is C17H27N3O2. The number of rotatable bonds is 8. The van der Waals surface area contributed by atoms with Crippen molar-refractivity contribution < 1.29 is 9.15 Å². The van der Waals surface area contributed by atoms with Crippen molar-refractivity contribution >= 4 is 5.96 Å². The Hall–Kier alpha value is -1.75. The molecule has 2 rings (SSSR count). The highest BCUT2D eigenvalue weighted by atomic mass is 16.5. The van der Waals surface area contributed by atoms with E-state index in [1.54, 1.807) is 6.26 Å². The molecule has 0 bridgehead atoms. The summed E-state index contributed by atoms with van der Waals surface area (Å²) in [6.45, 7) is 6.89. The quantitative estimate of drug-likeness (QED) is 0.440. The topological polar surface area (TPSA) is 58.8 Å². The van der Waals surface area contributed by atoms with E-state index in [0.717, 1.165) is 50.7 Å². The Bertz CT molecular complexity index is 437. The number of aliphatic imine (C=N–C) groups is 1. The molecule has 0 saturated carbocycles.